The fourth-order valence-electron chi connectivity index (χ4n) is 2.95. The second-order valence-corrected chi connectivity index (χ2v) is 6.30. The molecule has 1 heterocycles. The molecule has 0 saturated carbocycles. The van der Waals surface area contributed by atoms with Gasteiger partial charge in [-0.15, -0.1) is 0 Å². The van der Waals surface area contributed by atoms with Gasteiger partial charge in [0.25, 0.3) is 0 Å². The average Bonchev–Trinajstić information content (AvgIpc) is 2.86. The fraction of sp³-hybridized carbons (Fsp3) is 0.562. The van der Waals surface area contributed by atoms with Crippen molar-refractivity contribution in [2.75, 3.05) is 13.1 Å². The Balaban J connectivity index is 2.21. The average molecular weight is 295 g/mol. The van der Waals surface area contributed by atoms with E-state index in [0.717, 1.165) is 36.5 Å². The number of likely N-dealkylation sites (N-methyl/N-ethyl adjacent to an activating group) is 1. The van der Waals surface area contributed by atoms with E-state index in [1.165, 1.54) is 0 Å². The quantitative estimate of drug-likeness (QED) is 0.923. The van der Waals surface area contributed by atoms with E-state index in [4.69, 9.17) is 11.6 Å². The lowest BCUT2D eigenvalue weighted by Gasteiger charge is -2.34. The molecule has 4 heteroatoms. The monoisotopic (exact) mass is 294 g/mol. The molecule has 1 fully saturated rings. The SMILES string of the molecule is CCNC(C)(C)C(=O)N1CCCC1c1cccc(Cl)c1. The third kappa shape index (κ3) is 3.15. The number of likely N-dealkylation sites (tertiary alicyclic amines) is 1. The minimum atomic E-state index is -0.518. The van der Waals surface area contributed by atoms with Gasteiger partial charge in [0.2, 0.25) is 5.91 Å². The predicted octanol–water partition coefficient (Wildman–Crippen LogP) is 3.39. The Bertz CT molecular complexity index is 487. The molecule has 110 valence electrons. The van der Waals surface area contributed by atoms with E-state index in [1.807, 2.05) is 43.9 Å². The minimum absolute atomic E-state index is 0.152. The molecule has 1 aliphatic heterocycles. The molecule has 0 aliphatic carbocycles. The van der Waals surface area contributed by atoms with Crippen LogP contribution < -0.4 is 5.32 Å². The van der Waals surface area contributed by atoms with Crippen molar-refractivity contribution in [3.05, 3.63) is 34.9 Å². The summed E-state index contributed by atoms with van der Waals surface area (Å²) in [5.41, 5.74) is 0.617. The van der Waals surface area contributed by atoms with Crippen LogP contribution in [0.15, 0.2) is 24.3 Å². The number of halogens is 1. The second kappa shape index (κ2) is 6.15. The van der Waals surface area contributed by atoms with E-state index < -0.39 is 5.54 Å². The molecule has 20 heavy (non-hydrogen) atoms. The molecule has 2 rings (SSSR count). The van der Waals surface area contributed by atoms with Gasteiger partial charge in [0.05, 0.1) is 11.6 Å². The van der Waals surface area contributed by atoms with Crippen LogP contribution in [-0.2, 0) is 4.79 Å². The fourth-order valence-corrected chi connectivity index (χ4v) is 3.15. The first-order valence-corrected chi connectivity index (χ1v) is 7.65. The molecule has 1 atom stereocenters. The molecular formula is C16H23ClN2O. The van der Waals surface area contributed by atoms with Gasteiger partial charge in [-0.25, -0.2) is 0 Å². The van der Waals surface area contributed by atoms with Gasteiger partial charge >= 0.3 is 0 Å². The number of nitrogens with zero attached hydrogens (tertiary/aromatic N) is 1. The first-order valence-electron chi connectivity index (χ1n) is 7.27. The van der Waals surface area contributed by atoms with E-state index in [2.05, 4.69) is 11.4 Å². The largest absolute Gasteiger partial charge is 0.334 e. The van der Waals surface area contributed by atoms with Crippen LogP contribution in [0.1, 0.15) is 45.2 Å². The van der Waals surface area contributed by atoms with E-state index >= 15 is 0 Å². The van der Waals surface area contributed by atoms with Crippen molar-refractivity contribution >= 4 is 17.5 Å². The van der Waals surface area contributed by atoms with Gasteiger partial charge in [0.15, 0.2) is 0 Å². The van der Waals surface area contributed by atoms with E-state index in [9.17, 15) is 4.79 Å². The van der Waals surface area contributed by atoms with Crippen molar-refractivity contribution in [2.45, 2.75) is 45.2 Å². The zero-order chi connectivity index (χ0) is 14.8. The third-order valence-electron chi connectivity index (χ3n) is 3.90. The normalized spacial score (nSPS) is 19.4. The summed E-state index contributed by atoms with van der Waals surface area (Å²) in [7, 11) is 0. The van der Waals surface area contributed by atoms with Gasteiger partial charge in [0, 0.05) is 11.6 Å². The zero-order valence-electron chi connectivity index (χ0n) is 12.4. The topological polar surface area (TPSA) is 32.3 Å². The van der Waals surface area contributed by atoms with Gasteiger partial charge in [-0.3, -0.25) is 4.79 Å². The summed E-state index contributed by atoms with van der Waals surface area (Å²) in [5.74, 6) is 0.168. The Kier molecular flexibility index (Phi) is 4.71. The molecule has 1 unspecified atom stereocenters. The number of amides is 1. The standard InChI is InChI=1S/C16H23ClN2O/c1-4-18-16(2,3)15(20)19-10-6-9-14(19)12-7-5-8-13(17)11-12/h5,7-8,11,14,18H,4,6,9-10H2,1-3H3. The van der Waals surface area contributed by atoms with Crippen molar-refractivity contribution in [2.24, 2.45) is 0 Å². The molecule has 1 amide bonds. The maximum atomic E-state index is 12.8. The number of hydrogen-bond acceptors (Lipinski definition) is 2. The van der Waals surface area contributed by atoms with Crippen LogP contribution in [0.4, 0.5) is 0 Å². The Morgan fingerprint density at radius 1 is 1.50 bits per heavy atom. The van der Waals surface area contributed by atoms with Crippen LogP contribution in [0.5, 0.6) is 0 Å². The maximum absolute atomic E-state index is 12.8. The smallest absolute Gasteiger partial charge is 0.242 e. The molecule has 0 spiro atoms. The van der Waals surface area contributed by atoms with Crippen LogP contribution in [0.2, 0.25) is 5.02 Å². The highest BCUT2D eigenvalue weighted by atomic mass is 35.5. The summed E-state index contributed by atoms with van der Waals surface area (Å²) in [6.07, 6.45) is 2.05. The van der Waals surface area contributed by atoms with Gasteiger partial charge in [-0.05, 0) is 50.9 Å². The molecule has 0 bridgehead atoms. The van der Waals surface area contributed by atoms with Crippen LogP contribution >= 0.6 is 11.6 Å². The molecule has 0 radical (unpaired) electrons. The molecule has 3 nitrogen and oxygen atoms in total. The lowest BCUT2D eigenvalue weighted by atomic mass is 10.00. The van der Waals surface area contributed by atoms with Crippen molar-refractivity contribution < 1.29 is 4.79 Å². The molecule has 1 aromatic rings. The maximum Gasteiger partial charge on any atom is 0.242 e. The lowest BCUT2D eigenvalue weighted by molar-refractivity contribution is -0.138. The zero-order valence-corrected chi connectivity index (χ0v) is 13.2. The first kappa shape index (κ1) is 15.3. The highest BCUT2D eigenvalue weighted by Gasteiger charge is 2.37. The third-order valence-corrected chi connectivity index (χ3v) is 4.14. The van der Waals surface area contributed by atoms with Crippen LogP contribution in [0.3, 0.4) is 0 Å². The van der Waals surface area contributed by atoms with Gasteiger partial charge < -0.3 is 10.2 Å². The highest BCUT2D eigenvalue weighted by molar-refractivity contribution is 6.30. The van der Waals surface area contributed by atoms with Gasteiger partial charge in [0.1, 0.15) is 0 Å². The first-order chi connectivity index (χ1) is 9.45. The summed E-state index contributed by atoms with van der Waals surface area (Å²) in [4.78, 5) is 14.8. The number of benzene rings is 1. The summed E-state index contributed by atoms with van der Waals surface area (Å²) >= 11 is 6.07. The summed E-state index contributed by atoms with van der Waals surface area (Å²) in [5, 5.41) is 3.99. The number of nitrogens with one attached hydrogen (secondary N) is 1. The van der Waals surface area contributed by atoms with Gasteiger partial charge in [-0.1, -0.05) is 30.7 Å². The Labute approximate surface area is 126 Å². The second-order valence-electron chi connectivity index (χ2n) is 5.87. The number of carbonyl (C=O) groups is 1. The molecule has 1 saturated heterocycles. The molecule has 0 aromatic heterocycles. The minimum Gasteiger partial charge on any atom is -0.334 e. The summed E-state index contributed by atoms with van der Waals surface area (Å²) in [6.45, 7) is 7.53. The predicted molar refractivity (Wildman–Crippen MR) is 82.9 cm³/mol. The molecule has 1 aromatic carbocycles. The number of hydrogen-bond donors (Lipinski definition) is 1. The molecule has 1 N–H and O–H groups in total. The van der Waals surface area contributed by atoms with Crippen LogP contribution in [-0.4, -0.2) is 29.4 Å². The van der Waals surface area contributed by atoms with E-state index in [1.54, 1.807) is 0 Å². The van der Waals surface area contributed by atoms with E-state index in [0.29, 0.717) is 0 Å². The highest BCUT2D eigenvalue weighted by Crippen LogP contribution is 2.34. The molecular weight excluding hydrogens is 272 g/mol. The summed E-state index contributed by atoms with van der Waals surface area (Å²) in [6, 6.07) is 8.00. The van der Waals surface area contributed by atoms with E-state index in [-0.39, 0.29) is 11.9 Å². The Morgan fingerprint density at radius 2 is 2.25 bits per heavy atom. The lowest BCUT2D eigenvalue weighted by Crippen LogP contribution is -2.53. The van der Waals surface area contributed by atoms with Gasteiger partial charge in [-0.2, -0.15) is 0 Å². The Hall–Kier alpha value is -1.06. The van der Waals surface area contributed by atoms with Crippen LogP contribution in [0, 0.1) is 0 Å². The summed E-state index contributed by atoms with van der Waals surface area (Å²) < 4.78 is 0. The Morgan fingerprint density at radius 3 is 2.90 bits per heavy atom. The van der Waals surface area contributed by atoms with Crippen molar-refractivity contribution in [1.29, 1.82) is 0 Å². The van der Waals surface area contributed by atoms with Crippen LogP contribution in [0.25, 0.3) is 0 Å². The number of carbonyl (C=O) groups excluding carboxylic acids is 1. The number of rotatable bonds is 4. The molecule has 1 aliphatic rings. The van der Waals surface area contributed by atoms with Crippen molar-refractivity contribution in [3.63, 3.8) is 0 Å². The van der Waals surface area contributed by atoms with Crippen molar-refractivity contribution in [1.82, 2.24) is 10.2 Å². The van der Waals surface area contributed by atoms with Crippen molar-refractivity contribution in [3.8, 4) is 0 Å².